The Hall–Kier alpha value is -4.25. The van der Waals surface area contributed by atoms with E-state index in [1.807, 2.05) is 37.3 Å². The minimum Gasteiger partial charge on any atom is -0.481 e. The average molecular weight is 648 g/mol. The van der Waals surface area contributed by atoms with Crippen LogP contribution in [0.5, 0.6) is 5.88 Å². The molecular weight excluding hydrogens is 615 g/mol. The lowest BCUT2D eigenvalue weighted by atomic mass is 9.96. The highest BCUT2D eigenvalue weighted by Gasteiger charge is 2.30. The maximum Gasteiger partial charge on any atom is 0.280 e. The van der Waals surface area contributed by atoms with E-state index in [2.05, 4.69) is 27.1 Å². The first kappa shape index (κ1) is 30.8. The number of halogens is 2. The molecule has 12 heteroatoms. The van der Waals surface area contributed by atoms with Gasteiger partial charge in [0.15, 0.2) is 0 Å². The summed E-state index contributed by atoms with van der Waals surface area (Å²) in [4.78, 5) is 42.2. The van der Waals surface area contributed by atoms with Crippen LogP contribution < -0.4 is 26.2 Å². The fraction of sp³-hybridized carbons (Fsp3) is 0.303. The fourth-order valence-corrected chi connectivity index (χ4v) is 6.66. The number of anilines is 1. The highest BCUT2D eigenvalue weighted by Crippen LogP contribution is 2.43. The van der Waals surface area contributed by atoms with E-state index in [-0.39, 0.29) is 28.6 Å². The van der Waals surface area contributed by atoms with Crippen molar-refractivity contribution in [3.05, 3.63) is 91.3 Å². The number of ether oxygens (including phenoxy) is 1. The molecule has 2 aromatic carbocycles. The highest BCUT2D eigenvalue weighted by molar-refractivity contribution is 6.36. The fourth-order valence-electron chi connectivity index (χ4n) is 6.13. The summed E-state index contributed by atoms with van der Waals surface area (Å²) in [5.41, 5.74) is 5.72. The second kappa shape index (κ2) is 12.6. The summed E-state index contributed by atoms with van der Waals surface area (Å²) in [6.07, 6.45) is 4.44. The number of methoxy groups -OCH3 is 1. The van der Waals surface area contributed by atoms with Crippen molar-refractivity contribution in [1.82, 2.24) is 25.4 Å². The van der Waals surface area contributed by atoms with Gasteiger partial charge in [0, 0.05) is 54.5 Å². The van der Waals surface area contributed by atoms with Gasteiger partial charge in [0.05, 0.1) is 29.0 Å². The molecule has 2 aliphatic rings. The molecule has 45 heavy (non-hydrogen) atoms. The average Bonchev–Trinajstić information content (AvgIpc) is 3.64. The Morgan fingerprint density at radius 1 is 1.09 bits per heavy atom. The molecule has 232 valence electrons. The molecule has 6 rings (SSSR count). The van der Waals surface area contributed by atoms with Crippen LogP contribution in [-0.4, -0.2) is 46.3 Å². The van der Waals surface area contributed by atoms with Gasteiger partial charge < -0.3 is 20.7 Å². The van der Waals surface area contributed by atoms with Crippen molar-refractivity contribution >= 4 is 40.7 Å². The minimum absolute atomic E-state index is 0.0261. The Morgan fingerprint density at radius 3 is 2.60 bits per heavy atom. The van der Waals surface area contributed by atoms with Crippen LogP contribution in [0.25, 0.3) is 22.4 Å². The Labute approximate surface area is 270 Å². The molecular formula is C33H32Cl2N6O4. The van der Waals surface area contributed by atoms with E-state index in [1.54, 1.807) is 13.2 Å². The van der Waals surface area contributed by atoms with E-state index < -0.39 is 11.5 Å². The Kier molecular flexibility index (Phi) is 8.63. The number of hydrogen-bond donors (Lipinski definition) is 3. The molecule has 2 aromatic heterocycles. The van der Waals surface area contributed by atoms with Crippen LogP contribution in [0, 0.1) is 6.92 Å². The summed E-state index contributed by atoms with van der Waals surface area (Å²) >= 11 is 13.2. The van der Waals surface area contributed by atoms with Crippen LogP contribution in [0.3, 0.4) is 0 Å². The zero-order chi connectivity index (χ0) is 31.8. The van der Waals surface area contributed by atoms with E-state index in [4.69, 9.17) is 32.9 Å². The second-order valence-electron chi connectivity index (χ2n) is 11.3. The first-order valence-corrected chi connectivity index (χ1v) is 15.4. The molecule has 0 spiro atoms. The lowest BCUT2D eigenvalue weighted by Gasteiger charge is -2.20. The number of pyridine rings is 1. The molecule has 1 saturated heterocycles. The van der Waals surface area contributed by atoms with Crippen molar-refractivity contribution in [3.8, 4) is 28.3 Å². The lowest BCUT2D eigenvalue weighted by molar-refractivity contribution is -0.119. The van der Waals surface area contributed by atoms with E-state index in [9.17, 15) is 14.4 Å². The normalized spacial score (nSPS) is 17.2. The largest absolute Gasteiger partial charge is 0.481 e. The summed E-state index contributed by atoms with van der Waals surface area (Å²) in [7, 11) is 3.07. The number of carbonyl (C=O) groups is 2. The third-order valence-electron chi connectivity index (χ3n) is 8.51. The van der Waals surface area contributed by atoms with Crippen LogP contribution in [0.15, 0.2) is 53.5 Å². The molecule has 0 bridgehead atoms. The van der Waals surface area contributed by atoms with Gasteiger partial charge in [0.25, 0.3) is 11.5 Å². The monoisotopic (exact) mass is 646 g/mol. The predicted molar refractivity (Wildman–Crippen MR) is 174 cm³/mol. The van der Waals surface area contributed by atoms with Crippen LogP contribution in [0.2, 0.25) is 10.0 Å². The minimum atomic E-state index is -0.627. The number of hydrogen-bond acceptors (Lipinski definition) is 7. The molecule has 4 aromatic rings. The summed E-state index contributed by atoms with van der Waals surface area (Å²) in [6, 6.07) is 13.6. The Bertz CT molecular complexity index is 1890. The van der Waals surface area contributed by atoms with Gasteiger partial charge in [0.1, 0.15) is 5.56 Å². The zero-order valence-electron chi connectivity index (χ0n) is 25.0. The van der Waals surface area contributed by atoms with Crippen molar-refractivity contribution in [3.63, 3.8) is 0 Å². The van der Waals surface area contributed by atoms with Crippen LogP contribution in [0.4, 0.5) is 5.69 Å². The van der Waals surface area contributed by atoms with Gasteiger partial charge >= 0.3 is 0 Å². The Balaban J connectivity index is 1.29. The van der Waals surface area contributed by atoms with Crippen LogP contribution in [0.1, 0.15) is 52.4 Å². The van der Waals surface area contributed by atoms with Gasteiger partial charge in [-0.05, 0) is 55.0 Å². The number of nitrogens with one attached hydrogen (secondary N) is 3. The van der Waals surface area contributed by atoms with E-state index in [0.717, 1.165) is 57.3 Å². The quantitative estimate of drug-likeness (QED) is 0.239. The first-order valence-electron chi connectivity index (χ1n) is 14.7. The van der Waals surface area contributed by atoms with Gasteiger partial charge in [-0.3, -0.25) is 14.4 Å². The van der Waals surface area contributed by atoms with E-state index in [1.165, 1.54) is 13.2 Å². The number of amides is 2. The number of carbonyl (C=O) groups excluding carboxylic acids is 2. The van der Waals surface area contributed by atoms with Crippen molar-refractivity contribution < 1.29 is 14.3 Å². The molecule has 2 amide bonds. The topological polar surface area (TPSA) is 127 Å². The summed E-state index contributed by atoms with van der Waals surface area (Å²) in [6.45, 7) is 2.57. The zero-order valence-corrected chi connectivity index (χ0v) is 26.6. The molecule has 1 aliphatic heterocycles. The van der Waals surface area contributed by atoms with Crippen molar-refractivity contribution in [1.29, 1.82) is 0 Å². The smallest absolute Gasteiger partial charge is 0.280 e. The number of aryl methyl sites for hydroxylation is 2. The third-order valence-corrected chi connectivity index (χ3v) is 9.21. The number of nitrogens with zero attached hydrogens (tertiary/aromatic N) is 3. The van der Waals surface area contributed by atoms with Gasteiger partial charge in [-0.2, -0.15) is 5.10 Å². The molecule has 3 heterocycles. The van der Waals surface area contributed by atoms with Gasteiger partial charge in [-0.15, -0.1) is 0 Å². The number of fused-ring (bicyclic) bond motifs is 1. The first-order chi connectivity index (χ1) is 21.7. The molecule has 1 fully saturated rings. The molecule has 0 radical (unpaired) electrons. The number of benzene rings is 2. The van der Waals surface area contributed by atoms with Crippen LogP contribution in [-0.2, 0) is 18.3 Å². The molecule has 0 saturated carbocycles. The van der Waals surface area contributed by atoms with E-state index >= 15 is 0 Å². The molecule has 2 unspecified atom stereocenters. The van der Waals surface area contributed by atoms with Crippen molar-refractivity contribution in [2.75, 3.05) is 19.0 Å². The van der Waals surface area contributed by atoms with Crippen LogP contribution >= 0.6 is 23.2 Å². The number of rotatable bonds is 8. The van der Waals surface area contributed by atoms with Gasteiger partial charge in [0.2, 0.25) is 11.8 Å². The number of aromatic nitrogens is 3. The van der Waals surface area contributed by atoms with Crippen molar-refractivity contribution in [2.45, 2.75) is 44.7 Å². The lowest BCUT2D eigenvalue weighted by Crippen LogP contribution is -2.36. The molecule has 1 aliphatic carbocycles. The summed E-state index contributed by atoms with van der Waals surface area (Å²) in [5, 5.41) is 13.8. The van der Waals surface area contributed by atoms with Gasteiger partial charge in [-0.25, -0.2) is 9.67 Å². The predicted octanol–water partition coefficient (Wildman–Crippen LogP) is 5.24. The highest BCUT2D eigenvalue weighted by atomic mass is 35.5. The standard InChI is InChI=1S/C33H32Cl2N6O4/c1-17-20(6-5-9-24(17)39-31(43)29-23(34)16-37-41(2)33(29)44)21-7-4-8-22(30(21)35)26-14-18-10-12-25(28(18)32(40-26)45-3)36-15-19-11-13-27(42)38-19/h4-9,14,16,19,25,36H,10-13,15H2,1-3H3,(H,38,42)(H,39,43). The third kappa shape index (κ3) is 5.93. The summed E-state index contributed by atoms with van der Waals surface area (Å²) in [5.74, 6) is 0.0276. The van der Waals surface area contributed by atoms with Crippen molar-refractivity contribution in [2.24, 2.45) is 7.05 Å². The molecule has 3 N–H and O–H groups in total. The Morgan fingerprint density at radius 2 is 1.84 bits per heavy atom. The SMILES string of the molecule is COc1nc(-c2cccc(-c3cccc(NC(=O)c4c(Cl)cnn(C)c4=O)c3C)c2Cl)cc2c1C(NCC1CCC(=O)N1)CC2. The molecule has 2 atom stereocenters. The van der Waals surface area contributed by atoms with E-state index in [0.29, 0.717) is 35.2 Å². The van der Waals surface area contributed by atoms with Gasteiger partial charge in [-0.1, -0.05) is 53.5 Å². The maximum absolute atomic E-state index is 13.1. The maximum atomic E-state index is 13.1. The summed E-state index contributed by atoms with van der Waals surface area (Å²) < 4.78 is 6.84. The second-order valence-corrected chi connectivity index (χ2v) is 12.1. The molecule has 10 nitrogen and oxygen atoms in total.